The van der Waals surface area contributed by atoms with Crippen LogP contribution >= 0.6 is 0 Å². The number of rotatable bonds is 14. The highest BCUT2D eigenvalue weighted by Gasteiger charge is 2.26. The van der Waals surface area contributed by atoms with Gasteiger partial charge in [0.2, 0.25) is 12.8 Å². The van der Waals surface area contributed by atoms with Crippen molar-refractivity contribution in [3.63, 3.8) is 0 Å². The summed E-state index contributed by atoms with van der Waals surface area (Å²) < 4.78 is 23.6. The maximum Gasteiger partial charge on any atom is 0.210 e. The van der Waals surface area contributed by atoms with Crippen LogP contribution < -0.4 is 18.9 Å². The van der Waals surface area contributed by atoms with Gasteiger partial charge in [-0.25, -0.2) is 0 Å². The van der Waals surface area contributed by atoms with Crippen molar-refractivity contribution in [3.8, 4) is 23.0 Å². The van der Waals surface area contributed by atoms with E-state index >= 15 is 0 Å². The van der Waals surface area contributed by atoms with Gasteiger partial charge < -0.3 is 28.7 Å². The Balaban J connectivity index is 1.07. The normalized spacial score (nSPS) is 18.5. The highest BCUT2D eigenvalue weighted by Crippen LogP contribution is 2.37. The molecule has 0 fully saturated rings. The Bertz CT molecular complexity index is 1860. The van der Waals surface area contributed by atoms with Crippen LogP contribution in [0.5, 0.6) is 23.0 Å². The first-order valence-corrected chi connectivity index (χ1v) is 17.5. The van der Waals surface area contributed by atoms with E-state index in [1.807, 2.05) is 67.6 Å². The first-order valence-electron chi connectivity index (χ1n) is 17.5. The molecule has 266 valence electrons. The van der Waals surface area contributed by atoms with Crippen molar-refractivity contribution in [2.24, 2.45) is 9.98 Å². The van der Waals surface area contributed by atoms with Crippen LogP contribution in [0.3, 0.4) is 0 Å². The summed E-state index contributed by atoms with van der Waals surface area (Å²) in [6, 6.07) is 15.6. The average Bonchev–Trinajstić information content (AvgIpc) is 3.16. The van der Waals surface area contributed by atoms with Crippen LogP contribution in [0.1, 0.15) is 47.9 Å². The third kappa shape index (κ3) is 8.33. The number of ether oxygens (including phenoxy) is 4. The first-order chi connectivity index (χ1) is 24.9. The van der Waals surface area contributed by atoms with E-state index in [1.165, 1.54) is 22.3 Å². The second-order valence-corrected chi connectivity index (χ2v) is 13.1. The number of aliphatic imine (C=N–C) groups is 2. The minimum absolute atomic E-state index is 0.0865. The van der Waals surface area contributed by atoms with Crippen molar-refractivity contribution in [1.82, 2.24) is 9.80 Å². The molecule has 6 rings (SSSR count). The SMILES string of the molecule is COc1cc(C)c(/N=C\C2CC3=C(C=CCC3)CN2C=O)cc1OCCCOc1cc(/N=C\C2Cc3ccccc3CN2C=O)c(C)cc1OC. The largest absolute Gasteiger partial charge is 0.493 e. The summed E-state index contributed by atoms with van der Waals surface area (Å²) in [7, 11) is 3.24. The summed E-state index contributed by atoms with van der Waals surface area (Å²) in [6.45, 7) is 5.91. The summed E-state index contributed by atoms with van der Waals surface area (Å²) in [6.07, 6.45) is 14.1. The zero-order valence-corrected chi connectivity index (χ0v) is 29.8. The van der Waals surface area contributed by atoms with Gasteiger partial charge >= 0.3 is 0 Å². The predicted molar refractivity (Wildman–Crippen MR) is 199 cm³/mol. The number of aryl methyl sites for hydroxylation is 2. The number of benzene rings is 3. The van der Waals surface area contributed by atoms with Crippen molar-refractivity contribution in [2.45, 2.75) is 64.6 Å². The van der Waals surface area contributed by atoms with Crippen LogP contribution in [-0.4, -0.2) is 81.1 Å². The molecule has 0 spiro atoms. The molecule has 0 saturated carbocycles. The van der Waals surface area contributed by atoms with Crippen molar-refractivity contribution < 1.29 is 28.5 Å². The Morgan fingerprint density at radius 2 is 1.31 bits per heavy atom. The maximum atomic E-state index is 11.9. The van der Waals surface area contributed by atoms with Crippen molar-refractivity contribution in [1.29, 1.82) is 0 Å². The third-order valence-electron chi connectivity index (χ3n) is 9.76. The van der Waals surface area contributed by atoms with Crippen LogP contribution in [0.15, 0.2) is 81.8 Å². The van der Waals surface area contributed by atoms with E-state index in [2.05, 4.69) is 24.3 Å². The molecule has 2 atom stereocenters. The molecule has 1 aliphatic carbocycles. The fourth-order valence-corrected chi connectivity index (χ4v) is 6.80. The second-order valence-electron chi connectivity index (χ2n) is 13.1. The molecule has 3 aromatic carbocycles. The summed E-state index contributed by atoms with van der Waals surface area (Å²) in [5, 5.41) is 0. The minimum Gasteiger partial charge on any atom is -0.493 e. The first kappa shape index (κ1) is 35.4. The van der Waals surface area contributed by atoms with E-state index in [1.54, 1.807) is 19.1 Å². The predicted octanol–water partition coefficient (Wildman–Crippen LogP) is 7.03. The molecule has 0 radical (unpaired) electrons. The van der Waals surface area contributed by atoms with Gasteiger partial charge in [0.25, 0.3) is 0 Å². The number of methoxy groups -OCH3 is 2. The Morgan fingerprint density at radius 1 is 0.745 bits per heavy atom. The quantitative estimate of drug-likeness (QED) is 0.102. The Hall–Kier alpha value is -5.38. The number of carbonyl (C=O) groups is 2. The molecule has 10 heteroatoms. The van der Waals surface area contributed by atoms with Gasteiger partial charge in [-0.1, -0.05) is 42.0 Å². The number of amides is 2. The lowest BCUT2D eigenvalue weighted by Gasteiger charge is -2.34. The summed E-state index contributed by atoms with van der Waals surface area (Å²) >= 11 is 0. The molecular formula is C41H46N4O6. The number of carbonyl (C=O) groups excluding carboxylic acids is 2. The van der Waals surface area contributed by atoms with Gasteiger partial charge in [0, 0.05) is 44.1 Å². The molecule has 0 saturated heterocycles. The molecule has 2 aliphatic heterocycles. The van der Waals surface area contributed by atoms with Gasteiger partial charge in [-0.05, 0) is 79.5 Å². The zero-order valence-electron chi connectivity index (χ0n) is 29.8. The number of hydrogen-bond donors (Lipinski definition) is 0. The van der Waals surface area contributed by atoms with Crippen LogP contribution in [0.2, 0.25) is 0 Å². The lowest BCUT2D eigenvalue weighted by molar-refractivity contribution is -0.120. The van der Waals surface area contributed by atoms with Crippen molar-refractivity contribution in [2.75, 3.05) is 34.0 Å². The van der Waals surface area contributed by atoms with Crippen LogP contribution in [-0.2, 0) is 22.6 Å². The van der Waals surface area contributed by atoms with E-state index in [0.29, 0.717) is 62.1 Å². The molecule has 2 unspecified atom stereocenters. The molecule has 0 bridgehead atoms. The van der Waals surface area contributed by atoms with E-state index in [0.717, 1.165) is 54.6 Å². The molecule has 0 aromatic heterocycles. The van der Waals surface area contributed by atoms with Crippen molar-refractivity contribution >= 4 is 36.6 Å². The van der Waals surface area contributed by atoms with Gasteiger partial charge in [-0.2, -0.15) is 0 Å². The summed E-state index contributed by atoms with van der Waals surface area (Å²) in [5.74, 6) is 2.42. The molecule has 2 amide bonds. The van der Waals surface area contributed by atoms with E-state index < -0.39 is 0 Å². The topological polar surface area (TPSA) is 102 Å². The van der Waals surface area contributed by atoms with Gasteiger partial charge in [-0.3, -0.25) is 19.6 Å². The third-order valence-corrected chi connectivity index (χ3v) is 9.76. The Labute approximate surface area is 300 Å². The monoisotopic (exact) mass is 690 g/mol. The molecule has 2 heterocycles. The lowest BCUT2D eigenvalue weighted by Crippen LogP contribution is -2.40. The Kier molecular flexibility index (Phi) is 11.5. The molecule has 0 N–H and O–H groups in total. The van der Waals surface area contributed by atoms with Crippen molar-refractivity contribution in [3.05, 3.63) is 94.1 Å². The van der Waals surface area contributed by atoms with E-state index in [-0.39, 0.29) is 12.1 Å². The van der Waals surface area contributed by atoms with Gasteiger partial charge in [-0.15, -0.1) is 0 Å². The maximum absolute atomic E-state index is 11.9. The summed E-state index contributed by atoms with van der Waals surface area (Å²) in [4.78, 5) is 36.9. The lowest BCUT2D eigenvalue weighted by atomic mass is 9.88. The molecule has 51 heavy (non-hydrogen) atoms. The highest BCUT2D eigenvalue weighted by atomic mass is 16.5. The number of fused-ring (bicyclic) bond motifs is 1. The summed E-state index contributed by atoms with van der Waals surface area (Å²) in [5.41, 5.74) is 8.47. The molecule has 3 aliphatic rings. The molecular weight excluding hydrogens is 644 g/mol. The van der Waals surface area contributed by atoms with Crippen LogP contribution in [0.25, 0.3) is 0 Å². The standard InChI is InChI=1S/C41H46N4O6/c1-28-16-38(48-3)40(20-36(28)42-22-34-18-30-10-5-7-12-32(30)24-44(34)26-46)50-14-9-15-51-41-21-37(29(2)17-39(41)49-4)43-23-35-19-31-11-6-8-13-33(31)25-45(35)27-47/h5,7-8,10,12-13,16-17,20-23,26-27,34-35H,6,9,11,14-15,18-19,24-25H2,1-4H3/b42-22-,43-23-. The van der Waals surface area contributed by atoms with E-state index in [4.69, 9.17) is 28.9 Å². The number of nitrogens with zero attached hydrogens (tertiary/aromatic N) is 4. The van der Waals surface area contributed by atoms with Gasteiger partial charge in [0.05, 0.1) is 50.9 Å². The van der Waals surface area contributed by atoms with Gasteiger partial charge in [0.15, 0.2) is 23.0 Å². The fourth-order valence-electron chi connectivity index (χ4n) is 6.80. The average molecular weight is 691 g/mol. The Morgan fingerprint density at radius 3 is 1.90 bits per heavy atom. The molecule has 10 nitrogen and oxygen atoms in total. The fraction of sp³-hybridized carbons (Fsp3) is 0.366. The number of allylic oxidation sites excluding steroid dienone is 1. The van der Waals surface area contributed by atoms with Crippen LogP contribution in [0.4, 0.5) is 11.4 Å². The molecule has 3 aromatic rings. The van der Waals surface area contributed by atoms with Gasteiger partial charge in [0.1, 0.15) is 0 Å². The zero-order chi connectivity index (χ0) is 35.7. The smallest absolute Gasteiger partial charge is 0.210 e. The number of hydrogen-bond acceptors (Lipinski definition) is 8. The van der Waals surface area contributed by atoms with Crippen LogP contribution in [0, 0.1) is 13.8 Å². The van der Waals surface area contributed by atoms with E-state index in [9.17, 15) is 9.59 Å². The minimum atomic E-state index is -0.135. The highest BCUT2D eigenvalue weighted by molar-refractivity contribution is 5.76. The second kappa shape index (κ2) is 16.6.